The molecular formula is C17H28CaO4S. The van der Waals surface area contributed by atoms with Crippen molar-refractivity contribution in [3.63, 3.8) is 0 Å². The van der Waals surface area contributed by atoms with Gasteiger partial charge in [-0.15, -0.1) is 0 Å². The maximum absolute atomic E-state index is 11.9. The molecular weight excluding hydrogens is 340 g/mol. The molecule has 0 unspecified atom stereocenters. The van der Waals surface area contributed by atoms with Crippen LogP contribution in [0.5, 0.6) is 5.75 Å². The van der Waals surface area contributed by atoms with E-state index in [-0.39, 0.29) is 66.7 Å². The molecule has 2 radical (unpaired) electrons. The van der Waals surface area contributed by atoms with Crippen LogP contribution in [0.1, 0.15) is 65.2 Å². The van der Waals surface area contributed by atoms with Crippen molar-refractivity contribution in [2.45, 2.75) is 65.0 Å². The Labute approximate surface area is 170 Å². The van der Waals surface area contributed by atoms with Crippen molar-refractivity contribution < 1.29 is 17.7 Å². The monoisotopic (exact) mass is 368 g/mol. The predicted molar refractivity (Wildman–Crippen MR) is 95.5 cm³/mol. The zero-order valence-electron chi connectivity index (χ0n) is 15.4. The van der Waals surface area contributed by atoms with E-state index < -0.39 is 10.1 Å². The largest absolute Gasteiger partial charge is 0.507 e. The summed E-state index contributed by atoms with van der Waals surface area (Å²) < 4.78 is 28.7. The smallest absolute Gasteiger partial charge is 0.271 e. The van der Waals surface area contributed by atoms with E-state index >= 15 is 0 Å². The van der Waals surface area contributed by atoms with Gasteiger partial charge in [0, 0.05) is 37.7 Å². The van der Waals surface area contributed by atoms with Crippen LogP contribution in [-0.2, 0) is 30.9 Å². The maximum Gasteiger partial charge on any atom is 0.271 e. The number of hydrogen-bond donors (Lipinski definition) is 1. The molecule has 0 saturated carbocycles. The Morgan fingerprint density at radius 2 is 1.39 bits per heavy atom. The molecule has 0 bridgehead atoms. The summed E-state index contributed by atoms with van der Waals surface area (Å²) in [5.74, 6) is 0.0605. The Balaban J connectivity index is 0.00000484. The predicted octanol–water partition coefficient (Wildman–Crippen LogP) is 3.47. The zero-order valence-corrected chi connectivity index (χ0v) is 18.4. The Bertz CT molecular complexity index is 603. The van der Waals surface area contributed by atoms with Gasteiger partial charge in [0.1, 0.15) is 11.5 Å². The second kappa shape index (κ2) is 8.05. The number of aromatic hydroxyl groups is 1. The first kappa shape index (κ1) is 23.2. The van der Waals surface area contributed by atoms with Crippen molar-refractivity contribution in [1.29, 1.82) is 0 Å². The van der Waals surface area contributed by atoms with Crippen LogP contribution < -0.4 is 0 Å². The van der Waals surface area contributed by atoms with E-state index in [1.54, 1.807) is 19.1 Å². The van der Waals surface area contributed by atoms with Gasteiger partial charge in [0.05, 0.1) is 6.61 Å². The van der Waals surface area contributed by atoms with Crippen molar-refractivity contribution in [2.75, 3.05) is 6.61 Å². The fourth-order valence-electron chi connectivity index (χ4n) is 2.35. The number of hydrogen-bond acceptors (Lipinski definition) is 4. The summed E-state index contributed by atoms with van der Waals surface area (Å²) in [7, 11) is -3.60. The van der Waals surface area contributed by atoms with Crippen molar-refractivity contribution >= 4 is 47.9 Å². The number of benzene rings is 1. The third-order valence-corrected chi connectivity index (χ3v) is 4.71. The summed E-state index contributed by atoms with van der Waals surface area (Å²) >= 11 is 0. The van der Waals surface area contributed by atoms with Crippen LogP contribution in [0.2, 0.25) is 0 Å². The van der Waals surface area contributed by atoms with Gasteiger partial charge < -0.3 is 5.11 Å². The maximum atomic E-state index is 11.9. The second-order valence-corrected chi connectivity index (χ2v) is 9.29. The molecule has 0 aliphatic carbocycles. The Kier molecular flexibility index (Phi) is 8.11. The molecule has 1 N–H and O–H groups in total. The van der Waals surface area contributed by atoms with Crippen LogP contribution in [0.15, 0.2) is 12.1 Å². The van der Waals surface area contributed by atoms with E-state index in [1.807, 2.05) is 41.5 Å². The van der Waals surface area contributed by atoms with Gasteiger partial charge in [0.25, 0.3) is 10.1 Å². The summed E-state index contributed by atoms with van der Waals surface area (Å²) in [6, 6.07) is 3.53. The number of phenols is 1. The van der Waals surface area contributed by atoms with Gasteiger partial charge in [-0.1, -0.05) is 53.7 Å². The van der Waals surface area contributed by atoms with Gasteiger partial charge in [0.2, 0.25) is 0 Å². The quantitative estimate of drug-likeness (QED) is 0.653. The van der Waals surface area contributed by atoms with E-state index in [0.717, 1.165) is 11.1 Å². The second-order valence-electron chi connectivity index (χ2n) is 7.65. The first-order valence-corrected chi connectivity index (χ1v) is 9.09. The minimum absolute atomic E-state index is 0. The molecule has 0 amide bonds. The van der Waals surface area contributed by atoms with Crippen LogP contribution in [-0.4, -0.2) is 57.9 Å². The molecule has 0 heterocycles. The molecule has 4 nitrogen and oxygen atoms in total. The first-order valence-electron chi connectivity index (χ1n) is 7.52. The fraction of sp³-hybridized carbons (Fsp3) is 0.647. The van der Waals surface area contributed by atoms with Gasteiger partial charge in [-0.2, -0.15) is 8.42 Å². The van der Waals surface area contributed by atoms with Crippen molar-refractivity contribution in [1.82, 2.24) is 0 Å². The molecule has 0 spiro atoms. The number of rotatable bonds is 4. The minimum atomic E-state index is -3.60. The topological polar surface area (TPSA) is 63.6 Å². The van der Waals surface area contributed by atoms with Crippen molar-refractivity contribution in [3.05, 3.63) is 28.8 Å². The van der Waals surface area contributed by atoms with Gasteiger partial charge in [-0.25, -0.2) is 0 Å². The van der Waals surface area contributed by atoms with Crippen LogP contribution >= 0.6 is 0 Å². The Morgan fingerprint density at radius 1 is 1.00 bits per heavy atom. The number of phenolic OH excluding ortho intramolecular Hbond substituents is 1. The van der Waals surface area contributed by atoms with E-state index in [1.165, 1.54) is 0 Å². The van der Waals surface area contributed by atoms with E-state index in [9.17, 15) is 13.5 Å². The molecule has 0 atom stereocenters. The first-order chi connectivity index (χ1) is 9.78. The normalized spacial score (nSPS) is 12.8. The van der Waals surface area contributed by atoms with Gasteiger partial charge >= 0.3 is 0 Å². The van der Waals surface area contributed by atoms with Gasteiger partial charge in [0.15, 0.2) is 0 Å². The fourth-order valence-corrected chi connectivity index (χ4v) is 3.36. The van der Waals surface area contributed by atoms with E-state index in [4.69, 9.17) is 4.18 Å². The zero-order chi connectivity index (χ0) is 17.3. The minimum Gasteiger partial charge on any atom is -0.507 e. The molecule has 0 aliphatic heterocycles. The van der Waals surface area contributed by atoms with Crippen LogP contribution in [0.3, 0.4) is 0 Å². The Morgan fingerprint density at radius 3 is 1.70 bits per heavy atom. The summed E-state index contributed by atoms with van der Waals surface area (Å²) in [5, 5.41) is 10.6. The van der Waals surface area contributed by atoms with Gasteiger partial charge in [-0.3, -0.25) is 4.18 Å². The third-order valence-electron chi connectivity index (χ3n) is 3.43. The summed E-state index contributed by atoms with van der Waals surface area (Å²) in [4.78, 5) is 0. The van der Waals surface area contributed by atoms with Crippen LogP contribution in [0.4, 0.5) is 0 Å². The average molecular weight is 369 g/mol. The molecule has 1 aromatic carbocycles. The molecule has 0 fully saturated rings. The SMILES string of the molecule is CCOS(=O)(=O)Cc1cc(C(C)(C)C)c(O)c(C(C)(C)C)c1.[Ca]. The van der Waals surface area contributed by atoms with E-state index in [2.05, 4.69) is 0 Å². The molecule has 0 saturated heterocycles. The summed E-state index contributed by atoms with van der Waals surface area (Å²) in [5.41, 5.74) is 1.58. The van der Waals surface area contributed by atoms with Crippen molar-refractivity contribution in [2.24, 2.45) is 0 Å². The standard InChI is InChI=1S/C17H28O4S.Ca/c1-8-21-22(19,20)11-12-9-13(16(2,3)4)15(18)14(10-12)17(5,6)7;/h9-10,18H,8,11H2,1-7H3;. The van der Waals surface area contributed by atoms with Crippen LogP contribution in [0.25, 0.3) is 0 Å². The molecule has 23 heavy (non-hydrogen) atoms. The summed E-state index contributed by atoms with van der Waals surface area (Å²) in [6.45, 7) is 13.7. The molecule has 0 aromatic heterocycles. The molecule has 6 heteroatoms. The molecule has 1 rings (SSSR count). The molecule has 128 valence electrons. The molecule has 0 aliphatic rings. The Hall–Kier alpha value is 0.190. The summed E-state index contributed by atoms with van der Waals surface area (Å²) in [6.07, 6.45) is 0. The average Bonchev–Trinajstić information content (AvgIpc) is 2.27. The van der Waals surface area contributed by atoms with Crippen molar-refractivity contribution in [3.8, 4) is 5.75 Å². The van der Waals surface area contributed by atoms with Gasteiger partial charge in [-0.05, 0) is 34.4 Å². The third kappa shape index (κ3) is 6.54. The van der Waals surface area contributed by atoms with E-state index in [0.29, 0.717) is 5.56 Å². The molecule has 1 aromatic rings. The van der Waals surface area contributed by atoms with Crippen LogP contribution in [0, 0.1) is 0 Å².